The molecule has 0 bridgehead atoms. The molecule has 0 atom stereocenters. The molecule has 125 valence electrons. The zero-order valence-corrected chi connectivity index (χ0v) is 16.9. The van der Waals surface area contributed by atoms with E-state index < -0.39 is 8.07 Å². The molecule has 2 rings (SSSR count). The third-order valence-electron chi connectivity index (χ3n) is 2.68. The first kappa shape index (κ1) is 23.4. The monoisotopic (exact) mass is 501 g/mol. The van der Waals surface area contributed by atoms with E-state index in [0.29, 0.717) is 0 Å². The number of hydrogen-bond acceptors (Lipinski definition) is 3. The summed E-state index contributed by atoms with van der Waals surface area (Å²) < 4.78 is 12.8. The van der Waals surface area contributed by atoms with Gasteiger partial charge in [0.15, 0.2) is 0 Å². The first-order valence-corrected chi connectivity index (χ1v) is 10.0. The normalized spacial score (nSPS) is 9.45. The average Bonchev–Trinajstić information content (AvgIpc) is 2.51. The Morgan fingerprint density at radius 2 is 1.59 bits per heavy atom. The largest absolute Gasteiger partial charge is 0.400 e. The Balaban J connectivity index is 0. The van der Waals surface area contributed by atoms with Gasteiger partial charge in [-0.2, -0.15) is 0 Å². The van der Waals surface area contributed by atoms with Gasteiger partial charge < -0.3 is 15.2 Å². The molecule has 6 heteroatoms. The third-order valence-corrected chi connectivity index (χ3v) is 4.71. The molecule has 0 saturated heterocycles. The van der Waals surface area contributed by atoms with E-state index in [9.17, 15) is 4.39 Å². The quantitative estimate of drug-likeness (QED) is 0.492. The minimum Gasteiger partial charge on any atom is -0.400 e. The van der Waals surface area contributed by atoms with Crippen LogP contribution in [0.1, 0.15) is 0 Å². The Bertz CT molecular complexity index is 513. The van der Waals surface area contributed by atoms with Crippen LogP contribution in [0, 0.1) is 11.9 Å². The molecule has 1 aromatic heterocycles. The van der Waals surface area contributed by atoms with Crippen molar-refractivity contribution in [1.29, 1.82) is 0 Å². The Morgan fingerprint density at radius 3 is 1.95 bits per heavy atom. The molecule has 1 heterocycles. The second-order valence-electron chi connectivity index (χ2n) is 5.10. The SMILES string of the molecule is CO.CO.C[Si](C)(C)c1ccc(-c2[c-]cc(F)cc2)nc1.[Ir]. The fraction of sp³-hybridized carbons (Fsp3) is 0.312. The second kappa shape index (κ2) is 11.6. The molecular formula is C16H23FIrNO2Si-. The summed E-state index contributed by atoms with van der Waals surface area (Å²) in [4.78, 5) is 4.43. The van der Waals surface area contributed by atoms with Crippen molar-refractivity contribution >= 4 is 13.3 Å². The van der Waals surface area contributed by atoms with E-state index in [1.54, 1.807) is 6.07 Å². The van der Waals surface area contributed by atoms with Crippen molar-refractivity contribution in [2.75, 3.05) is 14.2 Å². The summed E-state index contributed by atoms with van der Waals surface area (Å²) >= 11 is 0. The molecule has 0 aliphatic carbocycles. The van der Waals surface area contributed by atoms with Gasteiger partial charge in [0.25, 0.3) is 0 Å². The number of aromatic nitrogens is 1. The van der Waals surface area contributed by atoms with Gasteiger partial charge in [-0.25, -0.2) is 0 Å². The molecule has 0 aliphatic rings. The van der Waals surface area contributed by atoms with Crippen molar-refractivity contribution in [3.8, 4) is 11.3 Å². The summed E-state index contributed by atoms with van der Waals surface area (Å²) in [5.74, 6) is -0.271. The minimum absolute atomic E-state index is 0. The molecule has 1 radical (unpaired) electrons. The Hall–Kier alpha value is -0.914. The summed E-state index contributed by atoms with van der Waals surface area (Å²) in [6.45, 7) is 6.86. The molecule has 2 aromatic rings. The first-order valence-electron chi connectivity index (χ1n) is 6.50. The second-order valence-corrected chi connectivity index (χ2v) is 10.2. The van der Waals surface area contributed by atoms with Crippen LogP contribution < -0.4 is 5.19 Å². The molecule has 1 aromatic carbocycles. The van der Waals surface area contributed by atoms with Gasteiger partial charge in [0, 0.05) is 46.3 Å². The van der Waals surface area contributed by atoms with E-state index in [0.717, 1.165) is 25.5 Å². The van der Waals surface area contributed by atoms with Crippen LogP contribution in [0.25, 0.3) is 11.3 Å². The minimum atomic E-state index is -1.30. The first-order chi connectivity index (χ1) is 9.97. The van der Waals surface area contributed by atoms with E-state index in [2.05, 4.69) is 36.8 Å². The van der Waals surface area contributed by atoms with Crippen LogP contribution in [0.4, 0.5) is 4.39 Å². The molecular weight excluding hydrogens is 477 g/mol. The van der Waals surface area contributed by atoms with Crippen molar-refractivity contribution in [2.45, 2.75) is 19.6 Å². The molecule has 0 unspecified atom stereocenters. The average molecular weight is 501 g/mol. The maximum absolute atomic E-state index is 12.8. The number of pyridine rings is 1. The molecule has 3 nitrogen and oxygen atoms in total. The van der Waals surface area contributed by atoms with Crippen LogP contribution in [-0.2, 0) is 20.1 Å². The van der Waals surface area contributed by atoms with Gasteiger partial charge in [0.05, 0.1) is 8.07 Å². The molecule has 2 N–H and O–H groups in total. The Labute approximate surface area is 146 Å². The number of aliphatic hydroxyl groups is 2. The molecule has 22 heavy (non-hydrogen) atoms. The van der Waals surface area contributed by atoms with Gasteiger partial charge in [-0.15, -0.1) is 29.8 Å². The van der Waals surface area contributed by atoms with Gasteiger partial charge in [0.2, 0.25) is 0 Å². The van der Waals surface area contributed by atoms with E-state index in [1.165, 1.54) is 17.3 Å². The summed E-state index contributed by atoms with van der Waals surface area (Å²) in [7, 11) is 0.701. The summed E-state index contributed by atoms with van der Waals surface area (Å²) in [5.41, 5.74) is 1.67. The van der Waals surface area contributed by atoms with Gasteiger partial charge in [-0.3, -0.25) is 4.39 Å². The van der Waals surface area contributed by atoms with Gasteiger partial charge >= 0.3 is 0 Å². The number of rotatable bonds is 2. The molecule has 0 aliphatic heterocycles. The Morgan fingerprint density at radius 1 is 1.00 bits per heavy atom. The van der Waals surface area contributed by atoms with Crippen LogP contribution >= 0.6 is 0 Å². The van der Waals surface area contributed by atoms with Crippen molar-refractivity contribution in [2.24, 2.45) is 0 Å². The van der Waals surface area contributed by atoms with E-state index in [4.69, 9.17) is 10.2 Å². The molecule has 0 fully saturated rings. The zero-order valence-electron chi connectivity index (χ0n) is 13.5. The van der Waals surface area contributed by atoms with Crippen LogP contribution in [0.15, 0.2) is 36.5 Å². The zero-order chi connectivity index (χ0) is 16.5. The summed E-state index contributed by atoms with van der Waals surface area (Å²) in [5, 5.41) is 15.3. The van der Waals surface area contributed by atoms with Gasteiger partial charge in [-0.05, 0) is 10.9 Å². The van der Waals surface area contributed by atoms with Crippen molar-refractivity contribution in [3.05, 3.63) is 48.4 Å². The predicted octanol–water partition coefficient (Wildman–Crippen LogP) is 2.45. The van der Waals surface area contributed by atoms with Gasteiger partial charge in [-0.1, -0.05) is 31.8 Å². The summed E-state index contributed by atoms with van der Waals surface area (Å²) in [6, 6.07) is 11.5. The predicted molar refractivity (Wildman–Crippen MR) is 87.7 cm³/mol. The van der Waals surface area contributed by atoms with E-state index >= 15 is 0 Å². The number of halogens is 1. The number of nitrogens with zero attached hydrogens (tertiary/aromatic N) is 1. The van der Waals surface area contributed by atoms with Crippen LogP contribution in [-0.4, -0.2) is 37.5 Å². The topological polar surface area (TPSA) is 53.4 Å². The molecule has 0 spiro atoms. The van der Waals surface area contributed by atoms with E-state index in [1.807, 2.05) is 12.3 Å². The fourth-order valence-corrected chi connectivity index (χ4v) is 2.60. The Kier molecular flexibility index (Phi) is 12.3. The summed E-state index contributed by atoms with van der Waals surface area (Å²) in [6.07, 6.45) is 1.93. The van der Waals surface area contributed by atoms with Crippen LogP contribution in [0.5, 0.6) is 0 Å². The fourth-order valence-electron chi connectivity index (χ4n) is 1.56. The van der Waals surface area contributed by atoms with Crippen LogP contribution in [0.2, 0.25) is 19.6 Å². The van der Waals surface area contributed by atoms with Gasteiger partial charge in [0.1, 0.15) is 0 Å². The van der Waals surface area contributed by atoms with E-state index in [-0.39, 0.29) is 25.9 Å². The maximum Gasteiger partial charge on any atom is 0.0795 e. The number of hydrogen-bond donors (Lipinski definition) is 2. The van der Waals surface area contributed by atoms with Crippen LogP contribution in [0.3, 0.4) is 0 Å². The van der Waals surface area contributed by atoms with Crippen molar-refractivity contribution < 1.29 is 34.7 Å². The molecule has 0 amide bonds. The van der Waals surface area contributed by atoms with Crippen molar-refractivity contribution in [1.82, 2.24) is 4.98 Å². The number of benzene rings is 1. The van der Waals surface area contributed by atoms with Crippen molar-refractivity contribution in [3.63, 3.8) is 0 Å². The molecule has 0 saturated carbocycles. The standard InChI is InChI=1S/C14H15FNSi.2CH4O.Ir/c1-17(2,3)13-8-9-14(16-10-13)11-4-6-12(15)7-5-11;2*1-2;/h4,6-10H,1-3H3;2*2H,1H3;/q-1;;;. The number of aliphatic hydroxyl groups excluding tert-OH is 2. The maximum atomic E-state index is 12.8. The smallest absolute Gasteiger partial charge is 0.0795 e. The third kappa shape index (κ3) is 7.38.